The van der Waals surface area contributed by atoms with Gasteiger partial charge in [-0.3, -0.25) is 14.5 Å². The third-order valence-electron chi connectivity index (χ3n) is 5.62. The van der Waals surface area contributed by atoms with E-state index in [1.807, 2.05) is 35.0 Å². The fraction of sp³-hybridized carbons (Fsp3) is 0.0769. The summed E-state index contributed by atoms with van der Waals surface area (Å²) in [5, 5.41) is 1.42. The molecule has 0 atom stereocenters. The number of para-hydroxylation sites is 1. The summed E-state index contributed by atoms with van der Waals surface area (Å²) >= 11 is 13.1. The lowest BCUT2D eigenvalue weighted by atomic mass is 10.1. The summed E-state index contributed by atoms with van der Waals surface area (Å²) in [6.07, 6.45) is 3.59. The number of aromatic nitrogens is 1. The second kappa shape index (κ2) is 9.29. The van der Waals surface area contributed by atoms with Crippen molar-refractivity contribution < 1.29 is 14.0 Å². The minimum Gasteiger partial charge on any atom is -0.342 e. The van der Waals surface area contributed by atoms with Gasteiger partial charge in [0, 0.05) is 38.3 Å². The van der Waals surface area contributed by atoms with E-state index in [0.717, 1.165) is 28.2 Å². The van der Waals surface area contributed by atoms with Crippen molar-refractivity contribution in [3.8, 4) is 0 Å². The maximum Gasteiger partial charge on any atom is 0.293 e. The van der Waals surface area contributed by atoms with Crippen LogP contribution in [0.25, 0.3) is 17.0 Å². The molecule has 8 heteroatoms. The molecule has 5 rings (SSSR count). The SMILES string of the molecule is O=C1S/C(=C\c2cn(Cc3ccccc3F)c3ccccc23)C(=O)N1Cc1ccc(Cl)cc1Cl. The van der Waals surface area contributed by atoms with Gasteiger partial charge in [-0.15, -0.1) is 0 Å². The van der Waals surface area contributed by atoms with E-state index in [-0.39, 0.29) is 23.5 Å². The van der Waals surface area contributed by atoms with Crippen molar-refractivity contribution in [2.75, 3.05) is 0 Å². The lowest BCUT2D eigenvalue weighted by molar-refractivity contribution is -0.123. The summed E-state index contributed by atoms with van der Waals surface area (Å²) in [5.41, 5.74) is 2.89. The van der Waals surface area contributed by atoms with Gasteiger partial charge in [0.1, 0.15) is 5.82 Å². The molecule has 1 fully saturated rings. The minimum atomic E-state index is -0.382. The van der Waals surface area contributed by atoms with Gasteiger partial charge in [0.05, 0.1) is 18.0 Å². The molecule has 3 aromatic carbocycles. The van der Waals surface area contributed by atoms with Crippen molar-refractivity contribution in [2.45, 2.75) is 13.1 Å². The number of amides is 2. The molecule has 0 radical (unpaired) electrons. The number of carbonyl (C=O) groups is 2. The number of thioether (sulfide) groups is 1. The van der Waals surface area contributed by atoms with Gasteiger partial charge >= 0.3 is 0 Å². The Hall–Kier alpha value is -3.06. The third-order valence-corrected chi connectivity index (χ3v) is 7.12. The van der Waals surface area contributed by atoms with Crippen LogP contribution in [0.1, 0.15) is 16.7 Å². The average Bonchev–Trinajstić information content (AvgIpc) is 3.29. The highest BCUT2D eigenvalue weighted by Crippen LogP contribution is 2.36. The molecular formula is C26H17Cl2FN2O2S. The molecular weight excluding hydrogens is 494 g/mol. The number of benzene rings is 3. The first kappa shape index (κ1) is 22.7. The van der Waals surface area contributed by atoms with Crippen molar-refractivity contribution in [3.63, 3.8) is 0 Å². The maximum absolute atomic E-state index is 14.2. The zero-order valence-corrected chi connectivity index (χ0v) is 20.0. The zero-order chi connectivity index (χ0) is 23.8. The van der Waals surface area contributed by atoms with Crippen LogP contribution in [-0.4, -0.2) is 20.6 Å². The highest BCUT2D eigenvalue weighted by molar-refractivity contribution is 8.18. The van der Waals surface area contributed by atoms with Crippen LogP contribution in [0, 0.1) is 5.82 Å². The Morgan fingerprint density at radius 3 is 2.47 bits per heavy atom. The van der Waals surface area contributed by atoms with Crippen LogP contribution >= 0.6 is 35.0 Å². The van der Waals surface area contributed by atoms with Crippen molar-refractivity contribution in [1.29, 1.82) is 0 Å². The predicted molar refractivity (Wildman–Crippen MR) is 135 cm³/mol. The Labute approximate surface area is 209 Å². The number of nitrogens with zero attached hydrogens (tertiary/aromatic N) is 2. The normalized spacial score (nSPS) is 15.1. The van der Waals surface area contributed by atoms with Crippen LogP contribution in [-0.2, 0) is 17.9 Å². The number of hydrogen-bond donors (Lipinski definition) is 0. The van der Waals surface area contributed by atoms with E-state index in [1.54, 1.807) is 42.5 Å². The first-order chi connectivity index (χ1) is 16.4. The number of hydrogen-bond acceptors (Lipinski definition) is 3. The zero-order valence-electron chi connectivity index (χ0n) is 17.7. The Kier molecular flexibility index (Phi) is 6.21. The van der Waals surface area contributed by atoms with Gasteiger partial charge < -0.3 is 4.57 Å². The van der Waals surface area contributed by atoms with Gasteiger partial charge in [-0.1, -0.05) is 65.7 Å². The highest BCUT2D eigenvalue weighted by Gasteiger charge is 2.35. The lowest BCUT2D eigenvalue weighted by Crippen LogP contribution is -2.27. The molecule has 4 aromatic rings. The van der Waals surface area contributed by atoms with E-state index in [2.05, 4.69) is 0 Å². The lowest BCUT2D eigenvalue weighted by Gasteiger charge is -2.13. The summed E-state index contributed by atoms with van der Waals surface area (Å²) in [4.78, 5) is 27.2. The summed E-state index contributed by atoms with van der Waals surface area (Å²) in [7, 11) is 0. The van der Waals surface area contributed by atoms with Crippen LogP contribution in [0.3, 0.4) is 0 Å². The number of halogens is 3. The molecule has 0 unspecified atom stereocenters. The monoisotopic (exact) mass is 510 g/mol. The number of rotatable bonds is 5. The molecule has 0 N–H and O–H groups in total. The van der Waals surface area contributed by atoms with Gasteiger partial charge in [-0.2, -0.15) is 0 Å². The molecule has 0 bridgehead atoms. The van der Waals surface area contributed by atoms with Crippen LogP contribution in [0.4, 0.5) is 9.18 Å². The van der Waals surface area contributed by atoms with E-state index in [9.17, 15) is 14.0 Å². The molecule has 0 aliphatic carbocycles. The average molecular weight is 511 g/mol. The molecule has 34 heavy (non-hydrogen) atoms. The summed E-state index contributed by atoms with van der Waals surface area (Å²) in [6, 6.07) is 19.3. The van der Waals surface area contributed by atoms with Gasteiger partial charge in [-0.05, 0) is 47.7 Å². The largest absolute Gasteiger partial charge is 0.342 e. The Bertz CT molecular complexity index is 1480. The first-order valence-electron chi connectivity index (χ1n) is 10.4. The molecule has 2 amide bonds. The summed E-state index contributed by atoms with van der Waals surface area (Å²) in [5.74, 6) is -0.657. The summed E-state index contributed by atoms with van der Waals surface area (Å²) in [6.45, 7) is 0.407. The van der Waals surface area contributed by atoms with E-state index in [4.69, 9.17) is 23.2 Å². The highest BCUT2D eigenvalue weighted by atomic mass is 35.5. The molecule has 0 spiro atoms. The fourth-order valence-corrected chi connectivity index (χ4v) is 5.23. The minimum absolute atomic E-state index is 0.0626. The maximum atomic E-state index is 14.2. The van der Waals surface area contributed by atoms with Crippen molar-refractivity contribution in [2.24, 2.45) is 0 Å². The Morgan fingerprint density at radius 2 is 1.68 bits per heavy atom. The smallest absolute Gasteiger partial charge is 0.293 e. The van der Waals surface area contributed by atoms with Crippen molar-refractivity contribution >= 4 is 63.1 Å². The number of carbonyl (C=O) groups excluding carboxylic acids is 2. The van der Waals surface area contributed by atoms with E-state index in [1.165, 1.54) is 11.0 Å². The molecule has 170 valence electrons. The Balaban J connectivity index is 1.47. The number of imide groups is 1. The van der Waals surface area contributed by atoms with Crippen molar-refractivity contribution in [3.05, 3.63) is 110 Å². The van der Waals surface area contributed by atoms with Gasteiger partial charge in [0.15, 0.2) is 0 Å². The standard InChI is InChI=1S/C26H17Cl2FN2O2S/c27-19-10-9-16(21(28)12-19)15-31-25(32)24(34-26(31)33)11-18-14-30(23-8-4-2-6-20(18)23)13-17-5-1-3-7-22(17)29/h1-12,14H,13,15H2/b24-11-. The quantitative estimate of drug-likeness (QED) is 0.263. The van der Waals surface area contributed by atoms with Crippen LogP contribution in [0.2, 0.25) is 10.0 Å². The van der Waals surface area contributed by atoms with Crippen molar-refractivity contribution in [1.82, 2.24) is 9.47 Å². The molecule has 0 saturated carbocycles. The molecule has 1 saturated heterocycles. The first-order valence-corrected chi connectivity index (χ1v) is 12.0. The van der Waals surface area contributed by atoms with Crippen LogP contribution < -0.4 is 0 Å². The predicted octanol–water partition coefficient (Wildman–Crippen LogP) is 7.37. The molecule has 1 aliphatic heterocycles. The fourth-order valence-electron chi connectivity index (χ4n) is 3.93. The summed E-state index contributed by atoms with van der Waals surface area (Å²) < 4.78 is 16.2. The van der Waals surface area contributed by atoms with Crippen LogP contribution in [0.15, 0.2) is 77.8 Å². The second-order valence-corrected chi connectivity index (χ2v) is 9.66. The van der Waals surface area contributed by atoms with Crippen LogP contribution in [0.5, 0.6) is 0 Å². The molecule has 1 aliphatic rings. The third kappa shape index (κ3) is 4.37. The Morgan fingerprint density at radius 1 is 0.912 bits per heavy atom. The second-order valence-electron chi connectivity index (χ2n) is 7.82. The topological polar surface area (TPSA) is 42.3 Å². The van der Waals surface area contributed by atoms with Gasteiger partial charge in [0.25, 0.3) is 11.1 Å². The molecule has 1 aromatic heterocycles. The van der Waals surface area contributed by atoms with E-state index in [0.29, 0.717) is 32.6 Å². The number of fused-ring (bicyclic) bond motifs is 1. The van der Waals surface area contributed by atoms with E-state index < -0.39 is 0 Å². The molecule has 2 heterocycles. The van der Waals surface area contributed by atoms with Gasteiger partial charge in [-0.25, -0.2) is 4.39 Å². The van der Waals surface area contributed by atoms with Gasteiger partial charge in [0.2, 0.25) is 0 Å². The molecule has 4 nitrogen and oxygen atoms in total. The van der Waals surface area contributed by atoms with E-state index >= 15 is 0 Å².